The van der Waals surface area contributed by atoms with Gasteiger partial charge in [-0.3, -0.25) is 4.79 Å². The highest BCUT2D eigenvalue weighted by molar-refractivity contribution is 6.36. The number of hydrogen-bond acceptors (Lipinski definition) is 2. The molecule has 1 amide bonds. The second-order valence-corrected chi connectivity index (χ2v) is 5.64. The molecule has 0 unspecified atom stereocenters. The van der Waals surface area contributed by atoms with E-state index in [0.29, 0.717) is 15.7 Å². The topological polar surface area (TPSA) is 41.1 Å². The maximum absolute atomic E-state index is 12.0. The van der Waals surface area contributed by atoms with Crippen LogP contribution in [0.25, 0.3) is 0 Å². The van der Waals surface area contributed by atoms with E-state index < -0.39 is 0 Å². The van der Waals surface area contributed by atoms with Crippen LogP contribution in [0.1, 0.15) is 11.1 Å². The smallest absolute Gasteiger partial charge is 0.243 e. The first-order chi connectivity index (χ1) is 9.97. The zero-order chi connectivity index (χ0) is 15.4. The number of amides is 1. The molecule has 2 aromatic rings. The van der Waals surface area contributed by atoms with Gasteiger partial charge in [-0.1, -0.05) is 41.4 Å². The third-order valence-electron chi connectivity index (χ3n) is 3.12. The van der Waals surface area contributed by atoms with Gasteiger partial charge < -0.3 is 10.6 Å². The summed E-state index contributed by atoms with van der Waals surface area (Å²) in [5, 5.41) is 6.95. The lowest BCUT2D eigenvalue weighted by Gasteiger charge is -2.13. The standard InChI is InChI=1S/C16H16Cl2N2O/c1-10-4-3-5-11(2)16(10)20-15(21)9-19-14-7-6-12(17)8-13(14)18/h3-8,19H,9H2,1-2H3,(H,20,21). The summed E-state index contributed by atoms with van der Waals surface area (Å²) < 4.78 is 0. The lowest BCUT2D eigenvalue weighted by molar-refractivity contribution is -0.114. The highest BCUT2D eigenvalue weighted by Gasteiger charge is 2.08. The molecule has 0 saturated carbocycles. The second-order valence-electron chi connectivity index (χ2n) is 4.79. The molecule has 0 spiro atoms. The van der Waals surface area contributed by atoms with E-state index in [2.05, 4.69) is 10.6 Å². The number of anilines is 2. The number of hydrogen-bond donors (Lipinski definition) is 2. The second kappa shape index (κ2) is 6.83. The first-order valence-corrected chi connectivity index (χ1v) is 7.28. The number of carbonyl (C=O) groups is 1. The van der Waals surface area contributed by atoms with Gasteiger partial charge >= 0.3 is 0 Å². The van der Waals surface area contributed by atoms with Crippen molar-refractivity contribution in [3.63, 3.8) is 0 Å². The summed E-state index contributed by atoms with van der Waals surface area (Å²) in [6.07, 6.45) is 0. The van der Waals surface area contributed by atoms with Gasteiger partial charge in [0.05, 0.1) is 17.3 Å². The summed E-state index contributed by atoms with van der Waals surface area (Å²) in [5.74, 6) is -0.126. The minimum absolute atomic E-state index is 0.126. The molecule has 0 aromatic heterocycles. The molecule has 0 atom stereocenters. The van der Waals surface area contributed by atoms with Gasteiger partial charge in [-0.15, -0.1) is 0 Å². The Labute approximate surface area is 134 Å². The summed E-state index contributed by atoms with van der Waals surface area (Å²) in [6.45, 7) is 4.06. The van der Waals surface area contributed by atoms with Crippen LogP contribution in [-0.2, 0) is 4.79 Å². The van der Waals surface area contributed by atoms with E-state index in [1.165, 1.54) is 0 Å². The molecular formula is C16H16Cl2N2O. The van der Waals surface area contributed by atoms with Crippen LogP contribution >= 0.6 is 23.2 Å². The van der Waals surface area contributed by atoms with Gasteiger partial charge in [-0.05, 0) is 43.2 Å². The van der Waals surface area contributed by atoms with Crippen LogP contribution in [0.15, 0.2) is 36.4 Å². The molecule has 21 heavy (non-hydrogen) atoms. The van der Waals surface area contributed by atoms with Crippen molar-refractivity contribution in [2.45, 2.75) is 13.8 Å². The Morgan fingerprint density at radius 3 is 2.38 bits per heavy atom. The fourth-order valence-corrected chi connectivity index (χ4v) is 2.48. The minimum atomic E-state index is -0.126. The Morgan fingerprint density at radius 1 is 1.10 bits per heavy atom. The molecular weight excluding hydrogens is 307 g/mol. The highest BCUT2D eigenvalue weighted by Crippen LogP contribution is 2.25. The molecule has 0 aliphatic heterocycles. The van der Waals surface area contributed by atoms with Crippen molar-refractivity contribution in [1.29, 1.82) is 0 Å². The predicted molar refractivity (Wildman–Crippen MR) is 89.5 cm³/mol. The number of carbonyl (C=O) groups excluding carboxylic acids is 1. The quantitative estimate of drug-likeness (QED) is 0.859. The molecule has 0 radical (unpaired) electrons. The maximum atomic E-state index is 12.0. The van der Waals surface area contributed by atoms with Gasteiger partial charge in [0.15, 0.2) is 0 Å². The van der Waals surface area contributed by atoms with Crippen LogP contribution in [0.4, 0.5) is 11.4 Å². The molecule has 0 aliphatic carbocycles. The average molecular weight is 323 g/mol. The van der Waals surface area contributed by atoms with Gasteiger partial charge in [-0.2, -0.15) is 0 Å². The van der Waals surface area contributed by atoms with Crippen LogP contribution in [0, 0.1) is 13.8 Å². The van der Waals surface area contributed by atoms with Crippen LogP contribution in [0.2, 0.25) is 10.0 Å². The SMILES string of the molecule is Cc1cccc(C)c1NC(=O)CNc1ccc(Cl)cc1Cl. The molecule has 2 aromatic carbocycles. The fourth-order valence-electron chi connectivity index (χ4n) is 2.00. The third kappa shape index (κ3) is 4.13. The fraction of sp³-hybridized carbons (Fsp3) is 0.188. The van der Waals surface area contributed by atoms with E-state index in [9.17, 15) is 4.79 Å². The summed E-state index contributed by atoms with van der Waals surface area (Å²) in [7, 11) is 0. The number of nitrogens with one attached hydrogen (secondary N) is 2. The van der Waals surface area contributed by atoms with Gasteiger partial charge in [0, 0.05) is 10.7 Å². The monoisotopic (exact) mass is 322 g/mol. The van der Waals surface area contributed by atoms with Crippen LogP contribution < -0.4 is 10.6 Å². The van der Waals surface area contributed by atoms with Crippen molar-refractivity contribution in [1.82, 2.24) is 0 Å². The van der Waals surface area contributed by atoms with E-state index in [0.717, 1.165) is 16.8 Å². The molecule has 0 bridgehead atoms. The van der Waals surface area contributed by atoms with Gasteiger partial charge in [0.2, 0.25) is 5.91 Å². The number of benzene rings is 2. The largest absolute Gasteiger partial charge is 0.375 e. The van der Waals surface area contributed by atoms with Gasteiger partial charge in [0.1, 0.15) is 0 Å². The summed E-state index contributed by atoms with van der Waals surface area (Å²) in [4.78, 5) is 12.0. The average Bonchev–Trinajstić information content (AvgIpc) is 2.42. The number of halogens is 2. The molecule has 2 N–H and O–H groups in total. The Hall–Kier alpha value is -1.71. The molecule has 3 nitrogen and oxygen atoms in total. The normalized spacial score (nSPS) is 10.3. The van der Waals surface area contributed by atoms with Crippen molar-refractivity contribution in [2.24, 2.45) is 0 Å². The van der Waals surface area contributed by atoms with Crippen molar-refractivity contribution in [3.8, 4) is 0 Å². The van der Waals surface area contributed by atoms with E-state index in [4.69, 9.17) is 23.2 Å². The van der Waals surface area contributed by atoms with Crippen LogP contribution in [0.3, 0.4) is 0 Å². The number of aryl methyl sites for hydroxylation is 2. The number of rotatable bonds is 4. The predicted octanol–water partition coefficient (Wildman–Crippen LogP) is 4.66. The Kier molecular flexibility index (Phi) is 5.10. The molecule has 0 fully saturated rings. The Balaban J connectivity index is 1.99. The molecule has 5 heteroatoms. The van der Waals surface area contributed by atoms with E-state index >= 15 is 0 Å². The third-order valence-corrected chi connectivity index (χ3v) is 3.66. The molecule has 0 saturated heterocycles. The molecule has 0 heterocycles. The Morgan fingerprint density at radius 2 is 1.76 bits per heavy atom. The van der Waals surface area contributed by atoms with E-state index in [1.807, 2.05) is 32.0 Å². The van der Waals surface area contributed by atoms with E-state index in [-0.39, 0.29) is 12.5 Å². The van der Waals surface area contributed by atoms with Crippen LogP contribution in [0.5, 0.6) is 0 Å². The zero-order valence-electron chi connectivity index (χ0n) is 11.8. The molecule has 2 rings (SSSR count). The zero-order valence-corrected chi connectivity index (χ0v) is 13.3. The van der Waals surface area contributed by atoms with Gasteiger partial charge in [0.25, 0.3) is 0 Å². The minimum Gasteiger partial charge on any atom is -0.375 e. The lowest BCUT2D eigenvalue weighted by Crippen LogP contribution is -2.22. The maximum Gasteiger partial charge on any atom is 0.243 e. The summed E-state index contributed by atoms with van der Waals surface area (Å²) in [6, 6.07) is 11.0. The van der Waals surface area contributed by atoms with E-state index in [1.54, 1.807) is 18.2 Å². The van der Waals surface area contributed by atoms with Crippen molar-refractivity contribution in [3.05, 3.63) is 57.6 Å². The van der Waals surface area contributed by atoms with Crippen molar-refractivity contribution >= 4 is 40.5 Å². The van der Waals surface area contributed by atoms with Gasteiger partial charge in [-0.25, -0.2) is 0 Å². The van der Waals surface area contributed by atoms with Crippen molar-refractivity contribution < 1.29 is 4.79 Å². The molecule has 110 valence electrons. The first-order valence-electron chi connectivity index (χ1n) is 6.52. The highest BCUT2D eigenvalue weighted by atomic mass is 35.5. The summed E-state index contributed by atoms with van der Waals surface area (Å²) in [5.41, 5.74) is 3.60. The summed E-state index contributed by atoms with van der Waals surface area (Å²) >= 11 is 11.9. The number of para-hydroxylation sites is 1. The van der Waals surface area contributed by atoms with Crippen LogP contribution in [-0.4, -0.2) is 12.5 Å². The van der Waals surface area contributed by atoms with Crippen molar-refractivity contribution in [2.75, 3.05) is 17.2 Å². The first kappa shape index (κ1) is 15.7. The lowest BCUT2D eigenvalue weighted by atomic mass is 10.1. The molecule has 0 aliphatic rings. The Bertz CT molecular complexity index is 651.